The maximum Gasteiger partial charge on any atom is 0.255 e. The molecule has 1 aliphatic rings. The number of rotatable bonds is 4. The molecule has 1 aromatic carbocycles. The summed E-state index contributed by atoms with van der Waals surface area (Å²) < 4.78 is 17.9. The molecule has 2 aromatic rings. The minimum Gasteiger partial charge on any atom is -0.472 e. The van der Waals surface area contributed by atoms with Gasteiger partial charge in [0.2, 0.25) is 5.91 Å². The molecule has 1 unspecified atom stereocenters. The average molecular weight is 345 g/mol. The largest absolute Gasteiger partial charge is 0.472 e. The van der Waals surface area contributed by atoms with Crippen LogP contribution in [0.5, 0.6) is 0 Å². The van der Waals surface area contributed by atoms with Crippen molar-refractivity contribution in [3.05, 3.63) is 54.2 Å². The molecule has 0 spiro atoms. The van der Waals surface area contributed by atoms with Gasteiger partial charge in [-0.3, -0.25) is 9.59 Å². The number of benzene rings is 1. The van der Waals surface area contributed by atoms with Gasteiger partial charge in [-0.25, -0.2) is 4.39 Å². The van der Waals surface area contributed by atoms with Gasteiger partial charge < -0.3 is 19.5 Å². The van der Waals surface area contributed by atoms with Gasteiger partial charge in [-0.2, -0.15) is 0 Å². The van der Waals surface area contributed by atoms with Crippen LogP contribution in [-0.2, 0) is 4.79 Å². The fraction of sp³-hybridized carbons (Fsp3) is 0.333. The Kier molecular flexibility index (Phi) is 5.02. The van der Waals surface area contributed by atoms with Crippen molar-refractivity contribution in [3.63, 3.8) is 0 Å². The Bertz CT molecular complexity index is 723. The number of hydrogen-bond acceptors (Lipinski definition) is 4. The van der Waals surface area contributed by atoms with Crippen molar-refractivity contribution >= 4 is 17.5 Å². The molecule has 0 bridgehead atoms. The molecule has 0 aliphatic carbocycles. The van der Waals surface area contributed by atoms with Crippen LogP contribution in [0, 0.1) is 5.82 Å². The molecule has 1 saturated heterocycles. The summed E-state index contributed by atoms with van der Waals surface area (Å²) in [6, 6.07) is 7.27. The Morgan fingerprint density at radius 2 is 1.80 bits per heavy atom. The lowest BCUT2D eigenvalue weighted by atomic mass is 10.2. The van der Waals surface area contributed by atoms with Crippen LogP contribution >= 0.6 is 0 Å². The van der Waals surface area contributed by atoms with E-state index in [9.17, 15) is 14.0 Å². The maximum absolute atomic E-state index is 13.0. The highest BCUT2D eigenvalue weighted by Crippen LogP contribution is 2.17. The monoisotopic (exact) mass is 345 g/mol. The van der Waals surface area contributed by atoms with Crippen molar-refractivity contribution in [2.75, 3.05) is 31.1 Å². The molecule has 6 nitrogen and oxygen atoms in total. The highest BCUT2D eigenvalue weighted by Gasteiger charge is 2.26. The molecule has 2 amide bonds. The van der Waals surface area contributed by atoms with Crippen LogP contribution in [0.3, 0.4) is 0 Å². The van der Waals surface area contributed by atoms with E-state index in [4.69, 9.17) is 4.42 Å². The minimum absolute atomic E-state index is 0.115. The predicted octanol–water partition coefficient (Wildman–Crippen LogP) is 1.89. The van der Waals surface area contributed by atoms with E-state index >= 15 is 0 Å². The second-order valence-electron chi connectivity index (χ2n) is 6.00. The van der Waals surface area contributed by atoms with Crippen LogP contribution in [0.2, 0.25) is 0 Å². The number of carbonyl (C=O) groups excluding carboxylic acids is 2. The lowest BCUT2D eigenvalue weighted by Gasteiger charge is -2.37. The van der Waals surface area contributed by atoms with Crippen molar-refractivity contribution in [2.24, 2.45) is 0 Å². The topological polar surface area (TPSA) is 65.8 Å². The fourth-order valence-corrected chi connectivity index (χ4v) is 2.85. The lowest BCUT2D eigenvalue weighted by Crippen LogP contribution is -2.54. The van der Waals surface area contributed by atoms with Gasteiger partial charge in [-0.05, 0) is 37.3 Å². The molecule has 1 N–H and O–H groups in total. The van der Waals surface area contributed by atoms with Crippen molar-refractivity contribution in [3.8, 4) is 0 Å². The lowest BCUT2D eigenvalue weighted by molar-refractivity contribution is -0.133. The molecular weight excluding hydrogens is 325 g/mol. The van der Waals surface area contributed by atoms with Crippen LogP contribution < -0.4 is 10.2 Å². The van der Waals surface area contributed by atoms with Gasteiger partial charge >= 0.3 is 0 Å². The van der Waals surface area contributed by atoms with Crippen molar-refractivity contribution in [1.82, 2.24) is 10.2 Å². The van der Waals surface area contributed by atoms with Crippen molar-refractivity contribution in [2.45, 2.75) is 13.0 Å². The second kappa shape index (κ2) is 7.38. The molecule has 2 heterocycles. The number of hydrogen-bond donors (Lipinski definition) is 1. The minimum atomic E-state index is -0.611. The number of piperazine rings is 1. The van der Waals surface area contributed by atoms with E-state index < -0.39 is 6.04 Å². The van der Waals surface area contributed by atoms with E-state index in [-0.39, 0.29) is 17.6 Å². The molecular formula is C18H20FN3O3. The standard InChI is InChI=1S/C18H20FN3O3/c1-13(20-17(23)14-6-11-25-12-14)18(24)22-9-7-21(8-10-22)16-4-2-15(19)3-5-16/h2-6,11-13H,7-10H2,1H3,(H,20,23). The smallest absolute Gasteiger partial charge is 0.255 e. The highest BCUT2D eigenvalue weighted by molar-refractivity contribution is 5.97. The molecule has 25 heavy (non-hydrogen) atoms. The predicted molar refractivity (Wildman–Crippen MR) is 90.8 cm³/mol. The van der Waals surface area contributed by atoms with Crippen LogP contribution in [0.15, 0.2) is 47.3 Å². The van der Waals surface area contributed by atoms with Gasteiger partial charge in [-0.15, -0.1) is 0 Å². The zero-order valence-electron chi connectivity index (χ0n) is 13.9. The highest BCUT2D eigenvalue weighted by atomic mass is 19.1. The number of carbonyl (C=O) groups is 2. The molecule has 0 saturated carbocycles. The first-order valence-corrected chi connectivity index (χ1v) is 8.17. The number of anilines is 1. The zero-order valence-corrected chi connectivity index (χ0v) is 13.9. The molecule has 0 radical (unpaired) electrons. The first-order valence-electron chi connectivity index (χ1n) is 8.17. The van der Waals surface area contributed by atoms with Gasteiger partial charge in [0.25, 0.3) is 5.91 Å². The van der Waals surface area contributed by atoms with Crippen LogP contribution in [0.1, 0.15) is 17.3 Å². The Morgan fingerprint density at radius 1 is 1.12 bits per heavy atom. The van der Waals surface area contributed by atoms with E-state index in [0.717, 1.165) is 5.69 Å². The third kappa shape index (κ3) is 3.99. The Labute approximate surface area is 145 Å². The Morgan fingerprint density at radius 3 is 2.40 bits per heavy atom. The maximum atomic E-state index is 13.0. The van der Waals surface area contributed by atoms with Gasteiger partial charge in [0.05, 0.1) is 11.8 Å². The average Bonchev–Trinajstić information content (AvgIpc) is 3.17. The second-order valence-corrected chi connectivity index (χ2v) is 6.00. The molecule has 1 atom stereocenters. The summed E-state index contributed by atoms with van der Waals surface area (Å²) in [6.07, 6.45) is 2.75. The summed E-state index contributed by atoms with van der Waals surface area (Å²) in [6.45, 7) is 4.12. The van der Waals surface area contributed by atoms with Crippen LogP contribution in [0.4, 0.5) is 10.1 Å². The Balaban J connectivity index is 1.52. The number of halogens is 1. The molecule has 3 rings (SSSR count). The molecule has 1 aromatic heterocycles. The summed E-state index contributed by atoms with van der Waals surface area (Å²) in [5, 5.41) is 2.68. The van der Waals surface area contributed by atoms with Crippen molar-refractivity contribution < 1.29 is 18.4 Å². The molecule has 7 heteroatoms. The van der Waals surface area contributed by atoms with Gasteiger partial charge in [-0.1, -0.05) is 0 Å². The summed E-state index contributed by atoms with van der Waals surface area (Å²) >= 11 is 0. The molecule has 132 valence electrons. The third-order valence-electron chi connectivity index (χ3n) is 4.28. The third-order valence-corrected chi connectivity index (χ3v) is 4.28. The SMILES string of the molecule is CC(NC(=O)c1ccoc1)C(=O)N1CCN(c2ccc(F)cc2)CC1. The number of furan rings is 1. The first-order chi connectivity index (χ1) is 12.0. The van der Waals surface area contributed by atoms with Crippen molar-refractivity contribution in [1.29, 1.82) is 0 Å². The van der Waals surface area contributed by atoms with E-state index in [1.807, 2.05) is 0 Å². The molecule has 1 fully saturated rings. The first kappa shape index (κ1) is 17.0. The number of nitrogens with one attached hydrogen (secondary N) is 1. The summed E-state index contributed by atoms with van der Waals surface area (Å²) in [5.74, 6) is -0.713. The summed E-state index contributed by atoms with van der Waals surface area (Å²) in [5.41, 5.74) is 1.33. The quantitative estimate of drug-likeness (QED) is 0.919. The normalized spacial score (nSPS) is 15.8. The number of amides is 2. The van der Waals surface area contributed by atoms with Gasteiger partial charge in [0.15, 0.2) is 0 Å². The zero-order chi connectivity index (χ0) is 17.8. The van der Waals surface area contributed by atoms with Crippen LogP contribution in [-0.4, -0.2) is 48.9 Å². The van der Waals surface area contributed by atoms with E-state index in [1.54, 1.807) is 30.0 Å². The van der Waals surface area contributed by atoms with E-state index in [2.05, 4.69) is 10.2 Å². The van der Waals surface area contributed by atoms with Crippen LogP contribution in [0.25, 0.3) is 0 Å². The fourth-order valence-electron chi connectivity index (χ4n) is 2.85. The summed E-state index contributed by atoms with van der Waals surface area (Å²) in [7, 11) is 0. The molecule has 1 aliphatic heterocycles. The summed E-state index contributed by atoms with van der Waals surface area (Å²) in [4.78, 5) is 28.3. The number of nitrogens with zero attached hydrogens (tertiary/aromatic N) is 2. The van der Waals surface area contributed by atoms with Gasteiger partial charge in [0.1, 0.15) is 18.1 Å². The van der Waals surface area contributed by atoms with Gasteiger partial charge in [0, 0.05) is 31.9 Å². The van der Waals surface area contributed by atoms with E-state index in [1.165, 1.54) is 24.7 Å². The van der Waals surface area contributed by atoms with E-state index in [0.29, 0.717) is 31.7 Å². The Hall–Kier alpha value is -2.83.